The van der Waals surface area contributed by atoms with Crippen LogP contribution in [-0.2, 0) is 0 Å². The molecule has 0 unspecified atom stereocenters. The molecule has 0 atom stereocenters. The Balaban J connectivity index is 1.97. The summed E-state index contributed by atoms with van der Waals surface area (Å²) in [5.74, 6) is 0.492. The third-order valence-electron chi connectivity index (χ3n) is 2.44. The van der Waals surface area contributed by atoms with Gasteiger partial charge in [0.25, 0.3) is 0 Å². The van der Waals surface area contributed by atoms with Crippen molar-refractivity contribution in [2.24, 2.45) is 0 Å². The van der Waals surface area contributed by atoms with Gasteiger partial charge in [-0.25, -0.2) is 9.37 Å². The van der Waals surface area contributed by atoms with E-state index < -0.39 is 0 Å². The number of halogens is 1. The van der Waals surface area contributed by atoms with E-state index in [-0.39, 0.29) is 5.82 Å². The van der Waals surface area contributed by atoms with Crippen LogP contribution in [0.4, 0.5) is 15.9 Å². The lowest BCUT2D eigenvalue weighted by Gasteiger charge is -2.03. The maximum atomic E-state index is 12.8. The minimum atomic E-state index is -0.258. The van der Waals surface area contributed by atoms with E-state index >= 15 is 0 Å². The second kappa shape index (κ2) is 3.86. The average Bonchev–Trinajstić information content (AvgIpc) is 2.76. The van der Waals surface area contributed by atoms with Gasteiger partial charge in [0.05, 0.1) is 5.39 Å². The van der Waals surface area contributed by atoms with Crippen LogP contribution < -0.4 is 5.32 Å². The van der Waals surface area contributed by atoms with Gasteiger partial charge in [0.2, 0.25) is 0 Å². The lowest BCUT2D eigenvalue weighted by atomic mass is 10.3. The molecule has 0 spiro atoms. The lowest BCUT2D eigenvalue weighted by molar-refractivity contribution is 0.628. The second-order valence-electron chi connectivity index (χ2n) is 3.61. The number of rotatable bonds is 2. The zero-order valence-corrected chi connectivity index (χ0v) is 8.81. The second-order valence-corrected chi connectivity index (χ2v) is 3.61. The highest BCUT2D eigenvalue weighted by molar-refractivity contribution is 5.88. The first-order chi connectivity index (χ1) is 8.33. The van der Waals surface area contributed by atoms with Crippen molar-refractivity contribution >= 4 is 22.5 Å². The van der Waals surface area contributed by atoms with Gasteiger partial charge in [-0.2, -0.15) is 5.10 Å². The van der Waals surface area contributed by atoms with Gasteiger partial charge in [-0.05, 0) is 36.4 Å². The van der Waals surface area contributed by atoms with Crippen molar-refractivity contribution in [3.63, 3.8) is 0 Å². The van der Waals surface area contributed by atoms with Gasteiger partial charge in [-0.3, -0.25) is 5.10 Å². The van der Waals surface area contributed by atoms with E-state index in [4.69, 9.17) is 0 Å². The van der Waals surface area contributed by atoms with Crippen molar-refractivity contribution in [3.05, 3.63) is 48.4 Å². The van der Waals surface area contributed by atoms with Crippen LogP contribution in [0.5, 0.6) is 0 Å². The number of pyridine rings is 1. The zero-order valence-electron chi connectivity index (χ0n) is 8.81. The first-order valence-electron chi connectivity index (χ1n) is 5.14. The number of aromatic amines is 1. The number of H-pyrrole nitrogens is 1. The Hall–Kier alpha value is -2.43. The quantitative estimate of drug-likeness (QED) is 0.709. The molecule has 3 rings (SSSR count). The first kappa shape index (κ1) is 9.77. The predicted octanol–water partition coefficient (Wildman–Crippen LogP) is 2.84. The van der Waals surface area contributed by atoms with Crippen molar-refractivity contribution in [2.75, 3.05) is 5.32 Å². The number of fused-ring (bicyclic) bond motifs is 1. The number of anilines is 2. The molecule has 0 aliphatic rings. The highest BCUT2D eigenvalue weighted by atomic mass is 19.1. The fourth-order valence-electron chi connectivity index (χ4n) is 1.62. The van der Waals surface area contributed by atoms with Gasteiger partial charge in [0, 0.05) is 11.9 Å². The fourth-order valence-corrected chi connectivity index (χ4v) is 1.62. The lowest BCUT2D eigenvalue weighted by Crippen LogP contribution is -1.91. The van der Waals surface area contributed by atoms with Gasteiger partial charge in [-0.15, -0.1) is 0 Å². The van der Waals surface area contributed by atoms with E-state index in [9.17, 15) is 4.39 Å². The van der Waals surface area contributed by atoms with Crippen molar-refractivity contribution in [1.82, 2.24) is 15.2 Å². The molecule has 0 aliphatic heterocycles. The number of nitrogens with zero attached hydrogens (tertiary/aromatic N) is 2. The Bertz CT molecular complexity index is 645. The molecule has 2 aromatic heterocycles. The molecular weight excluding hydrogens is 219 g/mol. The van der Waals surface area contributed by atoms with Crippen LogP contribution in [0.25, 0.3) is 11.0 Å². The maximum Gasteiger partial charge on any atom is 0.183 e. The summed E-state index contributed by atoms with van der Waals surface area (Å²) >= 11 is 0. The van der Waals surface area contributed by atoms with E-state index in [1.54, 1.807) is 18.3 Å². The molecule has 4 nitrogen and oxygen atoms in total. The maximum absolute atomic E-state index is 12.8. The molecule has 1 aromatic carbocycles. The Labute approximate surface area is 96.5 Å². The van der Waals surface area contributed by atoms with Crippen molar-refractivity contribution in [2.45, 2.75) is 0 Å². The molecule has 0 radical (unpaired) electrons. The summed E-state index contributed by atoms with van der Waals surface area (Å²) in [5, 5.41) is 10.9. The molecule has 2 N–H and O–H groups in total. The summed E-state index contributed by atoms with van der Waals surface area (Å²) < 4.78 is 12.8. The molecule has 0 saturated heterocycles. The van der Waals surface area contributed by atoms with Gasteiger partial charge in [-0.1, -0.05) is 0 Å². The monoisotopic (exact) mass is 228 g/mol. The van der Waals surface area contributed by atoms with Crippen LogP contribution in [0, 0.1) is 5.82 Å². The van der Waals surface area contributed by atoms with E-state index in [1.165, 1.54) is 12.1 Å². The molecule has 0 aliphatic carbocycles. The SMILES string of the molecule is Fc1ccc(Nc2[nH]nc3ncccc23)cc1. The van der Waals surface area contributed by atoms with E-state index in [2.05, 4.69) is 20.5 Å². The summed E-state index contributed by atoms with van der Waals surface area (Å²) in [7, 11) is 0. The van der Waals surface area contributed by atoms with Crippen molar-refractivity contribution in [1.29, 1.82) is 0 Å². The molecule has 84 valence electrons. The predicted molar refractivity (Wildman–Crippen MR) is 63.6 cm³/mol. The summed E-state index contributed by atoms with van der Waals surface area (Å²) in [4.78, 5) is 4.12. The fraction of sp³-hybridized carbons (Fsp3) is 0. The Morgan fingerprint density at radius 1 is 1.12 bits per heavy atom. The highest BCUT2D eigenvalue weighted by Gasteiger charge is 2.05. The number of hydrogen-bond donors (Lipinski definition) is 2. The van der Waals surface area contributed by atoms with Crippen LogP contribution in [0.2, 0.25) is 0 Å². The molecule has 0 bridgehead atoms. The topological polar surface area (TPSA) is 53.6 Å². The summed E-state index contributed by atoms with van der Waals surface area (Å²) in [6, 6.07) is 9.89. The van der Waals surface area contributed by atoms with Gasteiger partial charge in [0.1, 0.15) is 11.6 Å². The average molecular weight is 228 g/mol. The number of aromatic nitrogens is 3. The molecule has 2 heterocycles. The number of hydrogen-bond acceptors (Lipinski definition) is 3. The Morgan fingerprint density at radius 3 is 2.76 bits per heavy atom. The molecule has 0 saturated carbocycles. The third kappa shape index (κ3) is 1.82. The summed E-state index contributed by atoms with van der Waals surface area (Å²) in [5.41, 5.74) is 1.44. The Kier molecular flexibility index (Phi) is 2.22. The van der Waals surface area contributed by atoms with E-state index in [0.717, 1.165) is 16.9 Å². The normalized spacial score (nSPS) is 10.6. The third-order valence-corrected chi connectivity index (χ3v) is 2.44. The van der Waals surface area contributed by atoms with Gasteiger partial charge >= 0.3 is 0 Å². The van der Waals surface area contributed by atoms with Crippen molar-refractivity contribution in [3.8, 4) is 0 Å². The molecule has 3 aromatic rings. The zero-order chi connectivity index (χ0) is 11.7. The molecule has 17 heavy (non-hydrogen) atoms. The van der Waals surface area contributed by atoms with Gasteiger partial charge < -0.3 is 5.32 Å². The highest BCUT2D eigenvalue weighted by Crippen LogP contribution is 2.22. The van der Waals surface area contributed by atoms with Crippen LogP contribution >= 0.6 is 0 Å². The first-order valence-corrected chi connectivity index (χ1v) is 5.14. The van der Waals surface area contributed by atoms with Crippen LogP contribution in [0.1, 0.15) is 0 Å². The van der Waals surface area contributed by atoms with Crippen molar-refractivity contribution < 1.29 is 4.39 Å². The van der Waals surface area contributed by atoms with Crippen LogP contribution in [0.15, 0.2) is 42.6 Å². The Morgan fingerprint density at radius 2 is 1.94 bits per heavy atom. The standard InChI is InChI=1S/C12H9FN4/c13-8-3-5-9(6-4-8)15-12-10-2-1-7-14-11(10)16-17-12/h1-7H,(H2,14,15,16,17). The molecule has 5 heteroatoms. The van der Waals surface area contributed by atoms with Crippen LogP contribution in [0.3, 0.4) is 0 Å². The minimum Gasteiger partial charge on any atom is -0.340 e. The summed E-state index contributed by atoms with van der Waals surface area (Å²) in [6.45, 7) is 0. The molecular formula is C12H9FN4. The molecule has 0 fully saturated rings. The minimum absolute atomic E-state index is 0.258. The van der Waals surface area contributed by atoms with Crippen LogP contribution in [-0.4, -0.2) is 15.2 Å². The van der Waals surface area contributed by atoms with E-state index in [1.807, 2.05) is 12.1 Å². The van der Waals surface area contributed by atoms with E-state index in [0.29, 0.717) is 5.65 Å². The number of nitrogens with one attached hydrogen (secondary N) is 2. The number of benzene rings is 1. The smallest absolute Gasteiger partial charge is 0.183 e. The summed E-state index contributed by atoms with van der Waals surface area (Å²) in [6.07, 6.45) is 1.69. The molecule has 0 amide bonds. The largest absolute Gasteiger partial charge is 0.340 e. The van der Waals surface area contributed by atoms with Gasteiger partial charge in [0.15, 0.2) is 5.65 Å².